The van der Waals surface area contributed by atoms with Crippen LogP contribution in [0.2, 0.25) is 5.02 Å². The molecule has 0 fully saturated rings. The molecule has 4 N–H and O–H groups in total. The topological polar surface area (TPSA) is 148 Å². The number of carbonyl (C=O) groups is 5. The van der Waals surface area contributed by atoms with Crippen molar-refractivity contribution in [3.8, 4) is 5.75 Å². The quantitative estimate of drug-likeness (QED) is 0.137. The summed E-state index contributed by atoms with van der Waals surface area (Å²) in [5.41, 5.74) is 3.11. The molecule has 0 saturated carbocycles. The van der Waals surface area contributed by atoms with Crippen molar-refractivity contribution in [1.29, 1.82) is 0 Å². The maximum absolute atomic E-state index is 13.4. The summed E-state index contributed by atoms with van der Waals surface area (Å²) in [6, 6.07) is 12.2. The molecule has 1 atom stereocenters. The Morgan fingerprint density at radius 3 is 2.07 bits per heavy atom. The highest BCUT2D eigenvalue weighted by Gasteiger charge is 2.21. The summed E-state index contributed by atoms with van der Waals surface area (Å²) in [7, 11) is 0. The lowest BCUT2D eigenvalue weighted by molar-refractivity contribution is -0.128. The molecular weight excluding hydrogens is 594 g/mol. The number of ether oxygens (including phenoxy) is 1. The molecule has 13 heteroatoms. The predicted molar refractivity (Wildman–Crippen MR) is 168 cm³/mol. The molecule has 0 bridgehead atoms. The smallest absolute Gasteiger partial charge is 0.262 e. The van der Waals surface area contributed by atoms with Crippen molar-refractivity contribution in [2.75, 3.05) is 25.4 Å². The molecule has 3 rings (SSSR count). The van der Waals surface area contributed by atoms with E-state index >= 15 is 0 Å². The van der Waals surface area contributed by atoms with Gasteiger partial charge in [0, 0.05) is 28.1 Å². The third-order valence-corrected chi connectivity index (χ3v) is 7.13. The number of nitrogens with zero attached hydrogens (tertiary/aromatic N) is 1. The molecular formula is C30H36ClN5O6S. The molecule has 0 aliphatic heterocycles. The summed E-state index contributed by atoms with van der Waals surface area (Å²) < 4.78 is 7.82. The molecule has 0 saturated heterocycles. The normalized spacial score (nSPS) is 11.5. The fourth-order valence-corrected chi connectivity index (χ4v) is 4.74. The van der Waals surface area contributed by atoms with Gasteiger partial charge in [-0.15, -0.1) is 0 Å². The Labute approximate surface area is 260 Å². The van der Waals surface area contributed by atoms with Crippen LogP contribution in [0.5, 0.6) is 5.75 Å². The van der Waals surface area contributed by atoms with Gasteiger partial charge < -0.3 is 26.0 Å². The number of rotatable bonds is 14. The fraction of sp³-hybridized carbons (Fsp3) is 0.367. The number of benzene rings is 2. The second-order valence-electron chi connectivity index (χ2n) is 9.69. The minimum atomic E-state index is -0.661. The number of aryl methyl sites for hydroxylation is 1. The molecule has 0 aliphatic rings. The first kappa shape index (κ1) is 33.5. The largest absolute Gasteiger partial charge is 0.471 e. The van der Waals surface area contributed by atoms with Crippen LogP contribution in [0.15, 0.2) is 42.5 Å². The van der Waals surface area contributed by atoms with E-state index in [1.165, 1.54) is 0 Å². The highest BCUT2D eigenvalue weighted by Crippen LogP contribution is 2.31. The van der Waals surface area contributed by atoms with Gasteiger partial charge in [0.2, 0.25) is 23.6 Å². The number of nitrogens with one attached hydrogen (secondary N) is 4. The Morgan fingerprint density at radius 1 is 0.884 bits per heavy atom. The molecule has 43 heavy (non-hydrogen) atoms. The van der Waals surface area contributed by atoms with Gasteiger partial charge in [-0.05, 0) is 61.4 Å². The van der Waals surface area contributed by atoms with E-state index in [2.05, 4.69) is 33.9 Å². The van der Waals surface area contributed by atoms with E-state index in [1.54, 1.807) is 34.9 Å². The number of halogens is 1. The second kappa shape index (κ2) is 16.0. The number of hydrogen-bond acceptors (Lipinski definition) is 7. The molecule has 3 aromatic rings. The van der Waals surface area contributed by atoms with Crippen molar-refractivity contribution in [3.05, 3.63) is 64.3 Å². The van der Waals surface area contributed by atoms with Crippen LogP contribution in [0.1, 0.15) is 48.3 Å². The van der Waals surface area contributed by atoms with Crippen molar-refractivity contribution in [2.45, 2.75) is 46.3 Å². The van der Waals surface area contributed by atoms with Crippen LogP contribution in [-0.2, 0) is 25.6 Å². The Balaban J connectivity index is 1.64. The zero-order valence-electron chi connectivity index (χ0n) is 24.3. The molecule has 0 spiro atoms. The fourth-order valence-electron chi connectivity index (χ4n) is 4.50. The van der Waals surface area contributed by atoms with Crippen molar-refractivity contribution in [3.63, 3.8) is 0 Å². The van der Waals surface area contributed by atoms with Gasteiger partial charge in [0.05, 0.1) is 30.9 Å². The van der Waals surface area contributed by atoms with Crippen LogP contribution in [0.25, 0.3) is 10.9 Å². The highest BCUT2D eigenvalue weighted by molar-refractivity contribution is 7.81. The van der Waals surface area contributed by atoms with Gasteiger partial charge in [-0.3, -0.25) is 28.5 Å². The summed E-state index contributed by atoms with van der Waals surface area (Å²) in [5.74, 6) is -1.69. The molecule has 1 aromatic heterocycles. The van der Waals surface area contributed by atoms with E-state index in [-0.39, 0.29) is 31.3 Å². The zero-order valence-corrected chi connectivity index (χ0v) is 25.9. The first-order chi connectivity index (χ1) is 20.6. The van der Waals surface area contributed by atoms with Gasteiger partial charge in [-0.1, -0.05) is 31.9 Å². The Hall–Kier alpha value is -4.03. The third-order valence-electron chi connectivity index (χ3n) is 6.59. The summed E-state index contributed by atoms with van der Waals surface area (Å²) in [6.45, 7) is 4.94. The predicted octanol–water partition coefficient (Wildman–Crippen LogP) is 2.75. The first-order valence-corrected chi connectivity index (χ1v) is 14.9. The molecule has 1 heterocycles. The van der Waals surface area contributed by atoms with Gasteiger partial charge in [0.25, 0.3) is 5.91 Å². The maximum Gasteiger partial charge on any atom is 0.262 e. The SMILES string of the molecule is CCCC(NC(=O)CNC(=O)CNC(=O)CNC(=O)CS)Oc1ccc2c(c1)c(CC)c(C)n2C(=O)c1ccc(Cl)cc1. The van der Waals surface area contributed by atoms with Crippen LogP contribution in [-0.4, -0.2) is 65.7 Å². The Kier molecular flexibility index (Phi) is 12.4. The molecule has 11 nitrogen and oxygen atoms in total. The molecule has 2 aromatic carbocycles. The van der Waals surface area contributed by atoms with Crippen LogP contribution in [0.4, 0.5) is 0 Å². The van der Waals surface area contributed by atoms with E-state index in [0.29, 0.717) is 29.2 Å². The maximum atomic E-state index is 13.4. The number of carbonyl (C=O) groups excluding carboxylic acids is 5. The third kappa shape index (κ3) is 9.23. The van der Waals surface area contributed by atoms with E-state index in [9.17, 15) is 24.0 Å². The molecule has 1 unspecified atom stereocenters. The number of amides is 4. The van der Waals surface area contributed by atoms with Crippen LogP contribution in [0.3, 0.4) is 0 Å². The minimum absolute atomic E-state index is 0.0562. The van der Waals surface area contributed by atoms with Crippen LogP contribution >= 0.6 is 24.2 Å². The average molecular weight is 630 g/mol. The summed E-state index contributed by atoms with van der Waals surface area (Å²) in [5, 5.41) is 11.3. The van der Waals surface area contributed by atoms with Crippen molar-refractivity contribution >= 4 is 64.7 Å². The lowest BCUT2D eigenvalue weighted by Crippen LogP contribution is -2.47. The highest BCUT2D eigenvalue weighted by atomic mass is 35.5. The van der Waals surface area contributed by atoms with Gasteiger partial charge >= 0.3 is 0 Å². The number of hydrogen-bond donors (Lipinski definition) is 5. The lowest BCUT2D eigenvalue weighted by atomic mass is 10.1. The zero-order chi connectivity index (χ0) is 31.5. The van der Waals surface area contributed by atoms with E-state index < -0.39 is 29.9 Å². The van der Waals surface area contributed by atoms with Crippen molar-refractivity contribution < 1.29 is 28.7 Å². The Morgan fingerprint density at radius 2 is 1.49 bits per heavy atom. The molecule has 4 amide bonds. The Bertz CT molecular complexity index is 1490. The van der Waals surface area contributed by atoms with Gasteiger partial charge in [-0.25, -0.2) is 0 Å². The van der Waals surface area contributed by atoms with E-state index in [1.807, 2.05) is 32.9 Å². The van der Waals surface area contributed by atoms with E-state index in [4.69, 9.17) is 16.3 Å². The standard InChI is InChI=1S/C30H36ClN5O6S/c1-4-6-29(35-27(39)16-33-25(37)14-32-26(38)15-34-28(40)17-43)42-21-11-12-24-23(13-21)22(5-2)18(3)36(24)30(41)19-7-9-20(31)10-8-19/h7-13,29,43H,4-6,14-17H2,1-3H3,(H,32,38)(H,33,37)(H,34,40)(H,35,39). The monoisotopic (exact) mass is 629 g/mol. The number of fused-ring (bicyclic) bond motifs is 1. The average Bonchev–Trinajstić information content (AvgIpc) is 3.27. The first-order valence-electron chi connectivity index (χ1n) is 13.9. The van der Waals surface area contributed by atoms with E-state index in [0.717, 1.165) is 28.6 Å². The van der Waals surface area contributed by atoms with Crippen LogP contribution < -0.4 is 26.0 Å². The van der Waals surface area contributed by atoms with Crippen molar-refractivity contribution in [1.82, 2.24) is 25.8 Å². The molecule has 230 valence electrons. The van der Waals surface area contributed by atoms with Crippen LogP contribution in [0, 0.1) is 6.92 Å². The summed E-state index contributed by atoms with van der Waals surface area (Å²) in [6.07, 6.45) is 1.28. The van der Waals surface area contributed by atoms with Gasteiger partial charge in [0.15, 0.2) is 6.23 Å². The molecule has 0 aliphatic carbocycles. The summed E-state index contributed by atoms with van der Waals surface area (Å²) in [4.78, 5) is 60.9. The molecule has 0 radical (unpaired) electrons. The number of thiol groups is 1. The number of aromatic nitrogens is 1. The minimum Gasteiger partial charge on any atom is -0.471 e. The van der Waals surface area contributed by atoms with Gasteiger partial charge in [0.1, 0.15) is 5.75 Å². The van der Waals surface area contributed by atoms with Crippen molar-refractivity contribution in [2.24, 2.45) is 0 Å². The second-order valence-corrected chi connectivity index (χ2v) is 10.4. The summed E-state index contributed by atoms with van der Waals surface area (Å²) >= 11 is 9.79. The lowest BCUT2D eigenvalue weighted by Gasteiger charge is -2.20. The van der Waals surface area contributed by atoms with Gasteiger partial charge in [-0.2, -0.15) is 12.6 Å².